The number of amides is 1. The lowest BCUT2D eigenvalue weighted by Gasteiger charge is -2.15. The Labute approximate surface area is 114 Å². The predicted octanol–water partition coefficient (Wildman–Crippen LogP) is 0.326. The number of methoxy groups -OCH3 is 1. The van der Waals surface area contributed by atoms with Crippen molar-refractivity contribution in [3.05, 3.63) is 0 Å². The smallest absolute Gasteiger partial charge is 0.303 e. The summed E-state index contributed by atoms with van der Waals surface area (Å²) in [6.45, 7) is 3.43. The molecule has 1 fully saturated rings. The highest BCUT2D eigenvalue weighted by Crippen LogP contribution is 2.20. The van der Waals surface area contributed by atoms with E-state index in [0.717, 1.165) is 25.9 Å². The number of nitrogens with one attached hydrogen (secondary N) is 1. The standard InChI is InChI=1S/C13H24N2O4/c1-19-8-2-6-14-12(16)10-15-7-5-11(9-15)3-4-13(17)18/h11H,2-10H2,1H3,(H,14,16)(H,17,18). The third-order valence-electron chi connectivity index (χ3n) is 3.35. The Morgan fingerprint density at radius 2 is 2.26 bits per heavy atom. The van der Waals surface area contributed by atoms with E-state index in [1.165, 1.54) is 0 Å². The quantitative estimate of drug-likeness (QED) is 0.591. The lowest BCUT2D eigenvalue weighted by molar-refractivity contribution is -0.137. The second-order valence-corrected chi connectivity index (χ2v) is 5.02. The number of carbonyl (C=O) groups excluding carboxylic acids is 1. The minimum Gasteiger partial charge on any atom is -0.481 e. The van der Waals surface area contributed by atoms with Gasteiger partial charge in [0.25, 0.3) is 0 Å². The Bertz CT molecular complexity index is 296. The third-order valence-corrected chi connectivity index (χ3v) is 3.35. The molecule has 0 aliphatic carbocycles. The zero-order chi connectivity index (χ0) is 14.1. The highest BCUT2D eigenvalue weighted by atomic mass is 16.5. The summed E-state index contributed by atoms with van der Waals surface area (Å²) in [5, 5.41) is 11.5. The highest BCUT2D eigenvalue weighted by Gasteiger charge is 2.24. The first kappa shape index (κ1) is 15.9. The van der Waals surface area contributed by atoms with Gasteiger partial charge in [0, 0.05) is 33.2 Å². The molecule has 110 valence electrons. The maximum absolute atomic E-state index is 11.6. The van der Waals surface area contributed by atoms with Crippen LogP contribution in [0.3, 0.4) is 0 Å². The summed E-state index contributed by atoms with van der Waals surface area (Å²) in [7, 11) is 1.64. The van der Waals surface area contributed by atoms with Gasteiger partial charge in [-0.1, -0.05) is 0 Å². The molecule has 1 heterocycles. The molecule has 1 amide bonds. The summed E-state index contributed by atoms with van der Waals surface area (Å²) in [4.78, 5) is 24.2. The molecule has 1 atom stereocenters. The summed E-state index contributed by atoms with van der Waals surface area (Å²) in [6.07, 6.45) is 2.75. The first-order valence-corrected chi connectivity index (χ1v) is 6.81. The van der Waals surface area contributed by atoms with Crippen molar-refractivity contribution < 1.29 is 19.4 Å². The molecular formula is C13H24N2O4. The van der Waals surface area contributed by atoms with Gasteiger partial charge in [0.1, 0.15) is 0 Å². The van der Waals surface area contributed by atoms with E-state index in [-0.39, 0.29) is 12.3 Å². The van der Waals surface area contributed by atoms with Crippen LogP contribution in [0.25, 0.3) is 0 Å². The van der Waals surface area contributed by atoms with E-state index in [1.54, 1.807) is 7.11 Å². The lowest BCUT2D eigenvalue weighted by Crippen LogP contribution is -2.36. The van der Waals surface area contributed by atoms with Crippen molar-refractivity contribution in [1.29, 1.82) is 0 Å². The molecule has 0 spiro atoms. The molecule has 1 unspecified atom stereocenters. The monoisotopic (exact) mass is 272 g/mol. The minimum absolute atomic E-state index is 0.0370. The summed E-state index contributed by atoms with van der Waals surface area (Å²) in [6, 6.07) is 0. The average Bonchev–Trinajstić information content (AvgIpc) is 2.80. The summed E-state index contributed by atoms with van der Waals surface area (Å²) in [5.41, 5.74) is 0. The van der Waals surface area contributed by atoms with Gasteiger partial charge in [0.15, 0.2) is 0 Å². The molecule has 19 heavy (non-hydrogen) atoms. The number of carboxylic acid groups (broad SMARTS) is 1. The molecule has 0 aromatic carbocycles. The zero-order valence-corrected chi connectivity index (χ0v) is 11.6. The number of nitrogens with zero attached hydrogens (tertiary/aromatic N) is 1. The summed E-state index contributed by atoms with van der Waals surface area (Å²) < 4.78 is 4.91. The second-order valence-electron chi connectivity index (χ2n) is 5.02. The second kappa shape index (κ2) is 8.87. The van der Waals surface area contributed by atoms with E-state index in [2.05, 4.69) is 10.2 Å². The van der Waals surface area contributed by atoms with Crippen molar-refractivity contribution in [1.82, 2.24) is 10.2 Å². The summed E-state index contributed by atoms with van der Waals surface area (Å²) in [5.74, 6) is -0.290. The van der Waals surface area contributed by atoms with Gasteiger partial charge < -0.3 is 15.2 Å². The van der Waals surface area contributed by atoms with E-state index in [4.69, 9.17) is 9.84 Å². The molecule has 0 bridgehead atoms. The van der Waals surface area contributed by atoms with Crippen LogP contribution < -0.4 is 5.32 Å². The van der Waals surface area contributed by atoms with Crippen LogP contribution in [0, 0.1) is 5.92 Å². The number of likely N-dealkylation sites (tertiary alicyclic amines) is 1. The molecule has 1 saturated heterocycles. The largest absolute Gasteiger partial charge is 0.481 e. The van der Waals surface area contributed by atoms with Crippen LogP contribution in [-0.2, 0) is 14.3 Å². The molecular weight excluding hydrogens is 248 g/mol. The first-order valence-electron chi connectivity index (χ1n) is 6.81. The van der Waals surface area contributed by atoms with Crippen LogP contribution in [0.5, 0.6) is 0 Å². The van der Waals surface area contributed by atoms with Gasteiger partial charge in [0.2, 0.25) is 5.91 Å². The SMILES string of the molecule is COCCCNC(=O)CN1CCC(CCC(=O)O)C1. The molecule has 6 nitrogen and oxygen atoms in total. The molecule has 1 aliphatic rings. The van der Waals surface area contributed by atoms with Crippen LogP contribution >= 0.6 is 0 Å². The number of ether oxygens (including phenoxy) is 1. The lowest BCUT2D eigenvalue weighted by atomic mass is 10.0. The molecule has 1 rings (SSSR count). The van der Waals surface area contributed by atoms with Crippen LogP contribution in [-0.4, -0.2) is 61.8 Å². The van der Waals surface area contributed by atoms with E-state index >= 15 is 0 Å². The van der Waals surface area contributed by atoms with Gasteiger partial charge in [0.05, 0.1) is 6.54 Å². The molecule has 6 heteroatoms. The molecule has 0 aromatic rings. The first-order chi connectivity index (χ1) is 9.11. The van der Waals surface area contributed by atoms with E-state index in [9.17, 15) is 9.59 Å². The maximum atomic E-state index is 11.6. The van der Waals surface area contributed by atoms with Gasteiger partial charge in [-0.15, -0.1) is 0 Å². The Balaban J connectivity index is 2.10. The summed E-state index contributed by atoms with van der Waals surface area (Å²) >= 11 is 0. The van der Waals surface area contributed by atoms with Crippen LogP contribution in [0.4, 0.5) is 0 Å². The Morgan fingerprint density at radius 1 is 1.47 bits per heavy atom. The van der Waals surface area contributed by atoms with Gasteiger partial charge in [-0.2, -0.15) is 0 Å². The Kier molecular flexibility index (Phi) is 7.43. The van der Waals surface area contributed by atoms with Gasteiger partial charge in [-0.05, 0) is 31.7 Å². The number of hydrogen-bond donors (Lipinski definition) is 2. The third kappa shape index (κ3) is 7.12. The normalized spacial score (nSPS) is 19.5. The fourth-order valence-electron chi connectivity index (χ4n) is 2.32. The van der Waals surface area contributed by atoms with Gasteiger partial charge >= 0.3 is 5.97 Å². The van der Waals surface area contributed by atoms with Crippen molar-refractivity contribution >= 4 is 11.9 Å². The number of carboxylic acids is 1. The number of aliphatic carboxylic acids is 1. The average molecular weight is 272 g/mol. The van der Waals surface area contributed by atoms with Gasteiger partial charge in [-0.25, -0.2) is 0 Å². The predicted molar refractivity (Wildman–Crippen MR) is 70.9 cm³/mol. The zero-order valence-electron chi connectivity index (χ0n) is 11.6. The van der Waals surface area contributed by atoms with Crippen LogP contribution in [0.1, 0.15) is 25.7 Å². The van der Waals surface area contributed by atoms with Crippen molar-refractivity contribution in [3.8, 4) is 0 Å². The molecule has 1 aliphatic heterocycles. The van der Waals surface area contributed by atoms with Gasteiger partial charge in [-0.3, -0.25) is 14.5 Å². The van der Waals surface area contributed by atoms with E-state index in [0.29, 0.717) is 32.0 Å². The number of hydrogen-bond acceptors (Lipinski definition) is 4. The van der Waals surface area contributed by atoms with Crippen LogP contribution in [0.15, 0.2) is 0 Å². The minimum atomic E-state index is -0.741. The number of rotatable bonds is 9. The fraction of sp³-hybridized carbons (Fsp3) is 0.846. The molecule has 0 aromatic heterocycles. The highest BCUT2D eigenvalue weighted by molar-refractivity contribution is 5.78. The number of carbonyl (C=O) groups is 2. The Morgan fingerprint density at radius 3 is 2.95 bits per heavy atom. The topological polar surface area (TPSA) is 78.9 Å². The van der Waals surface area contributed by atoms with E-state index < -0.39 is 5.97 Å². The molecule has 2 N–H and O–H groups in total. The van der Waals surface area contributed by atoms with Crippen molar-refractivity contribution in [2.45, 2.75) is 25.7 Å². The van der Waals surface area contributed by atoms with Crippen molar-refractivity contribution in [3.63, 3.8) is 0 Å². The fourth-order valence-corrected chi connectivity index (χ4v) is 2.32. The Hall–Kier alpha value is -1.14. The van der Waals surface area contributed by atoms with E-state index in [1.807, 2.05) is 0 Å². The van der Waals surface area contributed by atoms with Crippen molar-refractivity contribution in [2.75, 3.05) is 39.9 Å². The molecule has 0 saturated carbocycles. The molecule has 0 radical (unpaired) electrons. The maximum Gasteiger partial charge on any atom is 0.303 e. The van der Waals surface area contributed by atoms with Crippen LogP contribution in [0.2, 0.25) is 0 Å². The van der Waals surface area contributed by atoms with Crippen molar-refractivity contribution in [2.24, 2.45) is 5.92 Å².